The third kappa shape index (κ3) is 5.67. The summed E-state index contributed by atoms with van der Waals surface area (Å²) in [6, 6.07) is 13.4. The topological polar surface area (TPSA) is 101 Å². The number of nitrogens with one attached hydrogen (secondary N) is 2. The molecule has 1 amide bonds. The first-order valence-corrected chi connectivity index (χ1v) is 9.50. The molecule has 0 bridgehead atoms. The molecular weight excluding hydrogens is 362 g/mol. The number of benzene rings is 2. The number of halogens is 1. The van der Waals surface area contributed by atoms with E-state index in [4.69, 9.17) is 5.73 Å². The molecule has 8 heteroatoms. The molecule has 2 aromatic rings. The van der Waals surface area contributed by atoms with Crippen LogP contribution in [0.5, 0.6) is 0 Å². The molecule has 2 rings (SSSR count). The summed E-state index contributed by atoms with van der Waals surface area (Å²) in [5, 5.41) is 4.97. The number of hydrogen-bond donors (Lipinski definition) is 3. The minimum atomic E-state index is -3.50. The van der Waals surface area contributed by atoms with Crippen LogP contribution in [0.25, 0.3) is 10.8 Å². The maximum absolute atomic E-state index is 12.5. The van der Waals surface area contributed by atoms with E-state index in [1.807, 2.05) is 42.5 Å². The van der Waals surface area contributed by atoms with Crippen LogP contribution in [0.1, 0.15) is 25.5 Å². The predicted molar refractivity (Wildman–Crippen MR) is 103 cm³/mol. The van der Waals surface area contributed by atoms with Crippen LogP contribution in [0.3, 0.4) is 0 Å². The van der Waals surface area contributed by atoms with E-state index >= 15 is 0 Å². The fourth-order valence-electron chi connectivity index (χ4n) is 2.55. The molecular formula is C17H24ClN3O3S. The molecule has 0 saturated carbocycles. The Balaban J connectivity index is 0.00000312. The molecule has 0 radical (unpaired) electrons. The monoisotopic (exact) mass is 385 g/mol. The normalized spacial score (nSPS) is 13.1. The lowest BCUT2D eigenvalue weighted by Crippen LogP contribution is -2.55. The van der Waals surface area contributed by atoms with E-state index in [0.717, 1.165) is 22.6 Å². The van der Waals surface area contributed by atoms with Crippen molar-refractivity contribution < 1.29 is 13.2 Å². The third-order valence-electron chi connectivity index (χ3n) is 3.73. The van der Waals surface area contributed by atoms with Gasteiger partial charge in [0.1, 0.15) is 5.54 Å². The van der Waals surface area contributed by atoms with Crippen molar-refractivity contribution >= 4 is 39.1 Å². The Labute approximate surface area is 154 Å². The van der Waals surface area contributed by atoms with Crippen molar-refractivity contribution in [2.45, 2.75) is 25.4 Å². The first kappa shape index (κ1) is 21.4. The molecule has 0 heterocycles. The van der Waals surface area contributed by atoms with Gasteiger partial charge in [-0.05, 0) is 36.2 Å². The van der Waals surface area contributed by atoms with Crippen molar-refractivity contribution in [1.82, 2.24) is 10.0 Å². The smallest absolute Gasteiger partial charge is 0.241 e. The van der Waals surface area contributed by atoms with Gasteiger partial charge in [-0.2, -0.15) is 0 Å². The highest BCUT2D eigenvalue weighted by atomic mass is 35.5. The van der Waals surface area contributed by atoms with Gasteiger partial charge in [0.15, 0.2) is 0 Å². The highest BCUT2D eigenvalue weighted by molar-refractivity contribution is 7.88. The van der Waals surface area contributed by atoms with Gasteiger partial charge in [-0.3, -0.25) is 4.79 Å². The van der Waals surface area contributed by atoms with Gasteiger partial charge in [0.25, 0.3) is 0 Å². The summed E-state index contributed by atoms with van der Waals surface area (Å²) >= 11 is 0. The standard InChI is InChI=1S/C17H23N3O3S.ClH/c1-17(2,20-24(3,22)23)16(21)19-15(11-18)14-9-8-12-6-4-5-7-13(12)10-14;/h4-10,15,20H,11,18H2,1-3H3,(H,19,21);1H. The van der Waals surface area contributed by atoms with E-state index in [2.05, 4.69) is 10.0 Å². The molecule has 1 unspecified atom stereocenters. The van der Waals surface area contributed by atoms with E-state index in [0.29, 0.717) is 0 Å². The van der Waals surface area contributed by atoms with Gasteiger partial charge in [0, 0.05) is 6.54 Å². The van der Waals surface area contributed by atoms with Crippen LogP contribution in [0, 0.1) is 0 Å². The lowest BCUT2D eigenvalue weighted by Gasteiger charge is -2.27. The lowest BCUT2D eigenvalue weighted by atomic mass is 10.00. The van der Waals surface area contributed by atoms with Crippen molar-refractivity contribution in [1.29, 1.82) is 0 Å². The van der Waals surface area contributed by atoms with Gasteiger partial charge in [-0.25, -0.2) is 13.1 Å². The second kappa shape index (κ2) is 8.14. The van der Waals surface area contributed by atoms with E-state index in [-0.39, 0.29) is 19.0 Å². The molecule has 25 heavy (non-hydrogen) atoms. The number of fused-ring (bicyclic) bond motifs is 1. The second-order valence-electron chi connectivity index (χ2n) is 6.37. The molecule has 0 spiro atoms. The zero-order chi connectivity index (χ0) is 18.0. The van der Waals surface area contributed by atoms with Crippen LogP contribution < -0.4 is 15.8 Å². The molecule has 0 fully saturated rings. The van der Waals surface area contributed by atoms with Crippen LogP contribution in [0.15, 0.2) is 42.5 Å². The van der Waals surface area contributed by atoms with Crippen LogP contribution >= 0.6 is 12.4 Å². The summed E-state index contributed by atoms with van der Waals surface area (Å²) in [5.41, 5.74) is 5.42. The molecule has 138 valence electrons. The highest BCUT2D eigenvalue weighted by Crippen LogP contribution is 2.20. The average Bonchev–Trinajstić information content (AvgIpc) is 2.49. The van der Waals surface area contributed by atoms with Crippen LogP contribution in [0.4, 0.5) is 0 Å². The third-order valence-corrected chi connectivity index (χ3v) is 4.61. The Morgan fingerprint density at radius 3 is 2.32 bits per heavy atom. The summed E-state index contributed by atoms with van der Waals surface area (Å²) in [7, 11) is -3.50. The minimum absolute atomic E-state index is 0. The number of amides is 1. The Bertz CT molecular complexity index is 853. The van der Waals surface area contributed by atoms with Crippen molar-refractivity contribution in [2.75, 3.05) is 12.8 Å². The number of nitrogens with two attached hydrogens (primary N) is 1. The summed E-state index contributed by atoms with van der Waals surface area (Å²) < 4.78 is 25.1. The predicted octanol–water partition coefficient (Wildman–Crippen LogP) is 1.71. The molecule has 0 saturated heterocycles. The molecule has 1 atom stereocenters. The summed E-state index contributed by atoms with van der Waals surface area (Å²) in [6.07, 6.45) is 1.02. The second-order valence-corrected chi connectivity index (χ2v) is 8.12. The Kier molecular flexibility index (Phi) is 6.96. The van der Waals surface area contributed by atoms with Crippen molar-refractivity contribution in [3.8, 4) is 0 Å². The molecule has 4 N–H and O–H groups in total. The highest BCUT2D eigenvalue weighted by Gasteiger charge is 2.32. The Morgan fingerprint density at radius 2 is 1.76 bits per heavy atom. The maximum atomic E-state index is 12.5. The van der Waals surface area contributed by atoms with Crippen LogP contribution in [0.2, 0.25) is 0 Å². The fraction of sp³-hybridized carbons (Fsp3) is 0.353. The number of hydrogen-bond acceptors (Lipinski definition) is 4. The molecule has 0 aliphatic rings. The van der Waals surface area contributed by atoms with E-state index in [9.17, 15) is 13.2 Å². The largest absolute Gasteiger partial charge is 0.346 e. The van der Waals surface area contributed by atoms with Gasteiger partial charge >= 0.3 is 0 Å². The zero-order valence-electron chi connectivity index (χ0n) is 14.4. The van der Waals surface area contributed by atoms with Crippen LogP contribution in [-0.4, -0.2) is 32.7 Å². The molecule has 2 aromatic carbocycles. The number of rotatable bonds is 6. The zero-order valence-corrected chi connectivity index (χ0v) is 16.1. The van der Waals surface area contributed by atoms with Gasteiger partial charge in [0.05, 0.1) is 12.3 Å². The minimum Gasteiger partial charge on any atom is -0.346 e. The van der Waals surface area contributed by atoms with E-state index in [1.165, 1.54) is 13.8 Å². The van der Waals surface area contributed by atoms with E-state index in [1.54, 1.807) is 0 Å². The van der Waals surface area contributed by atoms with Crippen LogP contribution in [-0.2, 0) is 14.8 Å². The lowest BCUT2D eigenvalue weighted by molar-refractivity contribution is -0.126. The summed E-state index contributed by atoms with van der Waals surface area (Å²) in [6.45, 7) is 3.23. The first-order chi connectivity index (χ1) is 11.1. The SMILES string of the molecule is CC(C)(NS(C)(=O)=O)C(=O)NC(CN)c1ccc2ccccc2c1.Cl. The number of sulfonamides is 1. The summed E-state index contributed by atoms with van der Waals surface area (Å²) in [4.78, 5) is 12.5. The Morgan fingerprint density at radius 1 is 1.16 bits per heavy atom. The molecule has 6 nitrogen and oxygen atoms in total. The molecule has 0 aromatic heterocycles. The van der Waals surface area contributed by atoms with Gasteiger partial charge < -0.3 is 11.1 Å². The first-order valence-electron chi connectivity index (χ1n) is 7.61. The summed E-state index contributed by atoms with van der Waals surface area (Å²) in [5.74, 6) is -0.434. The molecule has 0 aliphatic heterocycles. The van der Waals surface area contributed by atoms with Crippen molar-refractivity contribution in [3.05, 3.63) is 48.0 Å². The van der Waals surface area contributed by atoms with Crippen molar-refractivity contribution in [3.63, 3.8) is 0 Å². The Hall–Kier alpha value is -1.67. The molecule has 0 aliphatic carbocycles. The fourth-order valence-corrected chi connectivity index (χ4v) is 3.57. The number of carbonyl (C=O) groups is 1. The average molecular weight is 386 g/mol. The quantitative estimate of drug-likeness (QED) is 0.704. The van der Waals surface area contributed by atoms with E-state index < -0.39 is 27.5 Å². The number of carbonyl (C=O) groups excluding carboxylic acids is 1. The van der Waals surface area contributed by atoms with Gasteiger partial charge in [-0.1, -0.05) is 36.4 Å². The van der Waals surface area contributed by atoms with Gasteiger partial charge in [0.2, 0.25) is 15.9 Å². The van der Waals surface area contributed by atoms with Crippen molar-refractivity contribution in [2.24, 2.45) is 5.73 Å². The van der Waals surface area contributed by atoms with Gasteiger partial charge in [-0.15, -0.1) is 12.4 Å². The maximum Gasteiger partial charge on any atom is 0.241 e.